The molecule has 144 valence electrons. The smallest absolute Gasteiger partial charge is 0.280 e. The van der Waals surface area contributed by atoms with Gasteiger partial charge in [0.05, 0.1) is 21.9 Å². The van der Waals surface area contributed by atoms with Crippen LogP contribution in [0.25, 0.3) is 33.9 Å². The molecule has 0 fully saturated rings. The molecule has 0 saturated carbocycles. The average molecular weight is 404 g/mol. The van der Waals surface area contributed by atoms with E-state index in [1.165, 1.54) is 12.1 Å². The fourth-order valence-corrected chi connectivity index (χ4v) is 3.38. The van der Waals surface area contributed by atoms with E-state index in [0.29, 0.717) is 16.4 Å². The van der Waals surface area contributed by atoms with Crippen molar-refractivity contribution in [2.45, 2.75) is 13.8 Å². The number of nitrogens with zero attached hydrogens (tertiary/aromatic N) is 2. The fourth-order valence-electron chi connectivity index (χ4n) is 3.21. The SMILES string of the molecule is Cc1ccc(-c2nc(-c3cc(Cl)ccc3[N+](=O)[O-])[nH]c2-c2ccc(C)cc2)cc1. The maximum Gasteiger partial charge on any atom is 0.280 e. The highest BCUT2D eigenvalue weighted by atomic mass is 35.5. The van der Waals surface area contributed by atoms with Crippen LogP contribution in [-0.4, -0.2) is 14.9 Å². The lowest BCUT2D eigenvalue weighted by Gasteiger charge is -2.04. The van der Waals surface area contributed by atoms with Crippen LogP contribution in [0, 0.1) is 24.0 Å². The maximum atomic E-state index is 11.5. The van der Waals surface area contributed by atoms with Crippen LogP contribution in [0.5, 0.6) is 0 Å². The Morgan fingerprint density at radius 3 is 2.07 bits per heavy atom. The summed E-state index contributed by atoms with van der Waals surface area (Å²) in [5.74, 6) is 0.408. The summed E-state index contributed by atoms with van der Waals surface area (Å²) < 4.78 is 0. The topological polar surface area (TPSA) is 71.8 Å². The van der Waals surface area contributed by atoms with Gasteiger partial charge in [0.1, 0.15) is 5.82 Å². The molecule has 0 aliphatic carbocycles. The van der Waals surface area contributed by atoms with Crippen molar-refractivity contribution in [3.8, 4) is 33.9 Å². The summed E-state index contributed by atoms with van der Waals surface area (Å²) in [6.07, 6.45) is 0. The molecule has 1 heterocycles. The summed E-state index contributed by atoms with van der Waals surface area (Å²) in [7, 11) is 0. The number of H-pyrrole nitrogens is 1. The molecule has 0 unspecified atom stereocenters. The van der Waals surface area contributed by atoms with Gasteiger partial charge in [-0.1, -0.05) is 71.3 Å². The lowest BCUT2D eigenvalue weighted by atomic mass is 10.0. The van der Waals surface area contributed by atoms with Crippen molar-refractivity contribution in [2.24, 2.45) is 0 Å². The number of rotatable bonds is 4. The Hall–Kier alpha value is -3.44. The summed E-state index contributed by atoms with van der Waals surface area (Å²) in [6.45, 7) is 4.05. The number of halogens is 1. The van der Waals surface area contributed by atoms with E-state index in [0.717, 1.165) is 33.6 Å². The summed E-state index contributed by atoms with van der Waals surface area (Å²) in [5, 5.41) is 11.9. The number of hydrogen-bond donors (Lipinski definition) is 1. The van der Waals surface area contributed by atoms with Crippen molar-refractivity contribution in [3.05, 3.63) is 93.0 Å². The van der Waals surface area contributed by atoms with Crippen molar-refractivity contribution in [2.75, 3.05) is 0 Å². The predicted octanol–water partition coefficient (Wildman–Crippen LogP) is 6.59. The van der Waals surface area contributed by atoms with Gasteiger partial charge in [0.2, 0.25) is 0 Å². The first-order valence-corrected chi connectivity index (χ1v) is 9.48. The third-order valence-electron chi connectivity index (χ3n) is 4.78. The monoisotopic (exact) mass is 403 g/mol. The molecule has 3 aromatic carbocycles. The quantitative estimate of drug-likeness (QED) is 0.308. The zero-order valence-electron chi connectivity index (χ0n) is 15.9. The van der Waals surface area contributed by atoms with Crippen molar-refractivity contribution in [1.29, 1.82) is 0 Å². The molecule has 6 heteroatoms. The number of nitro benzene ring substituents is 1. The van der Waals surface area contributed by atoms with Gasteiger partial charge in [0.15, 0.2) is 0 Å². The van der Waals surface area contributed by atoms with Crippen molar-refractivity contribution in [1.82, 2.24) is 9.97 Å². The number of imidazole rings is 1. The van der Waals surface area contributed by atoms with Gasteiger partial charge in [-0.05, 0) is 26.0 Å². The molecule has 0 atom stereocenters. The van der Waals surface area contributed by atoms with E-state index < -0.39 is 4.92 Å². The van der Waals surface area contributed by atoms with Gasteiger partial charge >= 0.3 is 0 Å². The fraction of sp³-hybridized carbons (Fsp3) is 0.0870. The Kier molecular flexibility index (Phi) is 4.91. The zero-order valence-corrected chi connectivity index (χ0v) is 16.7. The van der Waals surface area contributed by atoms with E-state index in [1.54, 1.807) is 6.07 Å². The Bertz CT molecular complexity index is 1130. The number of aryl methyl sites for hydroxylation is 2. The van der Waals surface area contributed by atoms with Crippen LogP contribution in [-0.2, 0) is 0 Å². The Labute approximate surface area is 173 Å². The summed E-state index contributed by atoms with van der Waals surface area (Å²) in [5.41, 5.74) is 6.02. The largest absolute Gasteiger partial charge is 0.337 e. The Morgan fingerprint density at radius 2 is 1.48 bits per heavy atom. The molecule has 0 spiro atoms. The van der Waals surface area contributed by atoms with Gasteiger partial charge in [0.25, 0.3) is 5.69 Å². The van der Waals surface area contributed by atoms with Crippen LogP contribution in [0.3, 0.4) is 0 Å². The highest BCUT2D eigenvalue weighted by Gasteiger charge is 2.22. The molecule has 0 aliphatic heterocycles. The van der Waals surface area contributed by atoms with Crippen molar-refractivity contribution >= 4 is 17.3 Å². The van der Waals surface area contributed by atoms with Gasteiger partial charge in [-0.2, -0.15) is 0 Å². The van der Waals surface area contributed by atoms with Crippen LogP contribution in [0.2, 0.25) is 5.02 Å². The number of benzene rings is 3. The first-order chi connectivity index (χ1) is 13.9. The molecule has 4 aromatic rings. The summed E-state index contributed by atoms with van der Waals surface area (Å²) >= 11 is 6.12. The maximum absolute atomic E-state index is 11.5. The van der Waals surface area contributed by atoms with Gasteiger partial charge in [0, 0.05) is 22.2 Å². The second kappa shape index (κ2) is 7.53. The minimum Gasteiger partial charge on any atom is -0.337 e. The standard InChI is InChI=1S/C23H18ClN3O2/c1-14-3-7-16(8-4-14)21-22(17-9-5-15(2)6-10-17)26-23(25-21)19-13-18(24)11-12-20(19)27(28)29/h3-13H,1-2H3,(H,25,26). The molecule has 1 aromatic heterocycles. The molecule has 29 heavy (non-hydrogen) atoms. The minimum atomic E-state index is -0.425. The molecule has 0 bridgehead atoms. The van der Waals surface area contributed by atoms with E-state index in [-0.39, 0.29) is 5.69 Å². The van der Waals surface area contributed by atoms with E-state index in [4.69, 9.17) is 16.6 Å². The molecular formula is C23H18ClN3O2. The third-order valence-corrected chi connectivity index (χ3v) is 5.01. The molecule has 5 nitrogen and oxygen atoms in total. The molecule has 0 amide bonds. The molecule has 0 radical (unpaired) electrons. The highest BCUT2D eigenvalue weighted by Crippen LogP contribution is 2.37. The predicted molar refractivity (Wildman–Crippen MR) is 116 cm³/mol. The number of hydrogen-bond acceptors (Lipinski definition) is 3. The third kappa shape index (κ3) is 3.77. The second-order valence-corrected chi connectivity index (χ2v) is 7.40. The van der Waals surface area contributed by atoms with Crippen LogP contribution < -0.4 is 0 Å². The lowest BCUT2D eigenvalue weighted by Crippen LogP contribution is -1.93. The highest BCUT2D eigenvalue weighted by molar-refractivity contribution is 6.31. The van der Waals surface area contributed by atoms with Gasteiger partial charge in [-0.25, -0.2) is 4.98 Å². The first-order valence-electron chi connectivity index (χ1n) is 9.11. The number of nitro groups is 1. The average Bonchev–Trinajstić information content (AvgIpc) is 3.14. The summed E-state index contributed by atoms with van der Waals surface area (Å²) in [6, 6.07) is 20.6. The van der Waals surface area contributed by atoms with Crippen molar-refractivity contribution in [3.63, 3.8) is 0 Å². The molecule has 0 aliphatic rings. The van der Waals surface area contributed by atoms with Crippen molar-refractivity contribution < 1.29 is 4.92 Å². The Morgan fingerprint density at radius 1 is 0.897 bits per heavy atom. The van der Waals surface area contributed by atoms with E-state index in [9.17, 15) is 10.1 Å². The second-order valence-electron chi connectivity index (χ2n) is 6.96. The Balaban J connectivity index is 1.95. The van der Waals surface area contributed by atoms with Gasteiger partial charge < -0.3 is 4.98 Å². The van der Waals surface area contributed by atoms with E-state index in [2.05, 4.69) is 4.98 Å². The number of nitrogens with one attached hydrogen (secondary N) is 1. The summed E-state index contributed by atoms with van der Waals surface area (Å²) in [4.78, 5) is 19.1. The van der Waals surface area contributed by atoms with Crippen LogP contribution in [0.4, 0.5) is 5.69 Å². The van der Waals surface area contributed by atoms with Gasteiger partial charge in [-0.3, -0.25) is 10.1 Å². The van der Waals surface area contributed by atoms with Crippen LogP contribution >= 0.6 is 11.6 Å². The molecular weight excluding hydrogens is 386 g/mol. The number of aromatic nitrogens is 2. The van der Waals surface area contributed by atoms with Crippen LogP contribution in [0.15, 0.2) is 66.7 Å². The first kappa shape index (κ1) is 18.9. The van der Waals surface area contributed by atoms with Crippen LogP contribution in [0.1, 0.15) is 11.1 Å². The molecule has 0 saturated heterocycles. The zero-order chi connectivity index (χ0) is 20.5. The van der Waals surface area contributed by atoms with E-state index >= 15 is 0 Å². The van der Waals surface area contributed by atoms with Gasteiger partial charge in [-0.15, -0.1) is 0 Å². The normalized spacial score (nSPS) is 10.9. The molecule has 1 N–H and O–H groups in total. The molecule has 4 rings (SSSR count). The van der Waals surface area contributed by atoms with E-state index in [1.807, 2.05) is 62.4 Å². The number of aromatic amines is 1. The minimum absolute atomic E-state index is 0.0472. The lowest BCUT2D eigenvalue weighted by molar-refractivity contribution is -0.384.